The maximum Gasteiger partial charge on any atom is 0.142 e. The van der Waals surface area contributed by atoms with Crippen LogP contribution in [0, 0.1) is 0 Å². The van der Waals surface area contributed by atoms with Crippen molar-refractivity contribution in [1.82, 2.24) is 9.80 Å². The van der Waals surface area contributed by atoms with Crippen LogP contribution in [-0.4, -0.2) is 59.8 Å². The zero-order valence-electron chi connectivity index (χ0n) is 15.4. The number of hydrogen-bond acceptors (Lipinski definition) is 6. The van der Waals surface area contributed by atoms with Gasteiger partial charge >= 0.3 is 0 Å². The van der Waals surface area contributed by atoms with Crippen LogP contribution in [0.5, 0.6) is 11.5 Å². The maximum atomic E-state index is 9.14. The second kappa shape index (κ2) is 8.27. The van der Waals surface area contributed by atoms with Gasteiger partial charge in [-0.3, -0.25) is 9.80 Å². The highest BCUT2D eigenvalue weighted by atomic mass is 16.5. The van der Waals surface area contributed by atoms with Crippen LogP contribution in [0.2, 0.25) is 0 Å². The lowest BCUT2D eigenvalue weighted by atomic mass is 9.99. The van der Waals surface area contributed by atoms with Gasteiger partial charge in [0.2, 0.25) is 0 Å². The lowest BCUT2D eigenvalue weighted by molar-refractivity contribution is 0.0770. The zero-order valence-corrected chi connectivity index (χ0v) is 15.4. The monoisotopic (exact) mass is 370 g/mol. The summed E-state index contributed by atoms with van der Waals surface area (Å²) in [6, 6.07) is 12.7. The summed E-state index contributed by atoms with van der Waals surface area (Å²) >= 11 is 0. The minimum absolute atomic E-state index is 0.142. The van der Waals surface area contributed by atoms with Gasteiger partial charge in [-0.25, -0.2) is 0 Å². The number of nitrogens with zero attached hydrogens (tertiary/aromatic N) is 2. The third kappa shape index (κ3) is 4.25. The molecule has 0 atom stereocenters. The Labute approximate surface area is 159 Å². The van der Waals surface area contributed by atoms with Crippen LogP contribution in [0.15, 0.2) is 36.4 Å². The molecule has 6 nitrogen and oxygen atoms in total. The molecule has 0 saturated carbocycles. The number of aliphatic hydroxyl groups is 2. The quantitative estimate of drug-likeness (QED) is 0.805. The molecule has 144 valence electrons. The largest absolute Gasteiger partial charge is 0.478 e. The first-order valence-electron chi connectivity index (χ1n) is 9.41. The number of ether oxygens (including phenoxy) is 2. The average Bonchev–Trinajstić information content (AvgIpc) is 2.68. The van der Waals surface area contributed by atoms with Crippen LogP contribution < -0.4 is 9.47 Å². The summed E-state index contributed by atoms with van der Waals surface area (Å²) in [6.45, 7) is 4.20. The van der Waals surface area contributed by atoms with Crippen molar-refractivity contribution < 1.29 is 19.7 Å². The molecule has 2 aliphatic heterocycles. The standard InChI is InChI=1S/C21H26N2O4/c24-7-5-22-12-18-10-16(1-3-20(18)26-14-22)9-17-2-4-21-19(11-17)13-23(6-8-25)15-27-21/h1-4,10-11,24-25H,5-9,12-15H2. The maximum absolute atomic E-state index is 9.14. The first-order chi connectivity index (χ1) is 13.2. The van der Waals surface area contributed by atoms with Crippen molar-refractivity contribution >= 4 is 0 Å². The van der Waals surface area contributed by atoms with Crippen LogP contribution in [0.25, 0.3) is 0 Å². The molecule has 0 bridgehead atoms. The van der Waals surface area contributed by atoms with E-state index in [1.165, 1.54) is 22.3 Å². The predicted octanol–water partition coefficient (Wildman–Crippen LogP) is 1.57. The second-order valence-electron chi connectivity index (χ2n) is 7.16. The van der Waals surface area contributed by atoms with E-state index in [2.05, 4.69) is 34.1 Å². The molecule has 2 aromatic rings. The van der Waals surface area contributed by atoms with Crippen molar-refractivity contribution in [3.8, 4) is 11.5 Å². The van der Waals surface area contributed by atoms with Crippen molar-refractivity contribution in [3.63, 3.8) is 0 Å². The third-order valence-corrected chi connectivity index (χ3v) is 5.08. The Balaban J connectivity index is 1.48. The summed E-state index contributed by atoms with van der Waals surface area (Å²) in [5.41, 5.74) is 4.82. The smallest absolute Gasteiger partial charge is 0.142 e. The SMILES string of the molecule is OCCN1COc2ccc(Cc3ccc4c(c3)CN(CCO)CO4)cc2C1. The van der Waals surface area contributed by atoms with Crippen molar-refractivity contribution in [2.45, 2.75) is 19.5 Å². The summed E-state index contributed by atoms with van der Waals surface area (Å²) in [5, 5.41) is 18.3. The molecule has 2 N–H and O–H groups in total. The summed E-state index contributed by atoms with van der Waals surface area (Å²) < 4.78 is 11.6. The van der Waals surface area contributed by atoms with Crippen LogP contribution in [0.1, 0.15) is 22.3 Å². The minimum atomic E-state index is 0.142. The second-order valence-corrected chi connectivity index (χ2v) is 7.16. The Morgan fingerprint density at radius 3 is 1.67 bits per heavy atom. The van der Waals surface area contributed by atoms with Crippen molar-refractivity contribution in [2.24, 2.45) is 0 Å². The fourth-order valence-electron chi connectivity index (χ4n) is 3.71. The molecule has 0 spiro atoms. The number of hydrogen-bond donors (Lipinski definition) is 2. The van der Waals surface area contributed by atoms with Crippen LogP contribution in [0.4, 0.5) is 0 Å². The van der Waals surface area contributed by atoms with Gasteiger partial charge in [-0.2, -0.15) is 0 Å². The molecule has 27 heavy (non-hydrogen) atoms. The molecule has 0 amide bonds. The molecule has 0 aromatic heterocycles. The van der Waals surface area contributed by atoms with Crippen molar-refractivity contribution in [2.75, 3.05) is 39.8 Å². The van der Waals surface area contributed by atoms with Crippen LogP contribution in [-0.2, 0) is 19.5 Å². The molecule has 6 heteroatoms. The lowest BCUT2D eigenvalue weighted by Gasteiger charge is -2.29. The molecule has 0 saturated heterocycles. The molecule has 0 radical (unpaired) electrons. The van der Waals surface area contributed by atoms with E-state index in [0.29, 0.717) is 26.6 Å². The van der Waals surface area contributed by atoms with Gasteiger partial charge in [-0.1, -0.05) is 24.3 Å². The normalized spacial score (nSPS) is 17.0. The number of rotatable bonds is 6. The molecular weight excluding hydrogens is 344 g/mol. The Kier molecular flexibility index (Phi) is 5.59. The van der Waals surface area contributed by atoms with Gasteiger partial charge < -0.3 is 19.7 Å². The van der Waals surface area contributed by atoms with E-state index in [-0.39, 0.29) is 13.2 Å². The fourth-order valence-corrected chi connectivity index (χ4v) is 3.71. The number of β-amino-alcohol motifs (C(OH)–C–C–N with tert-alkyl or cyclic N) is 2. The van der Waals surface area contributed by atoms with Crippen molar-refractivity contribution in [3.05, 3.63) is 58.7 Å². The van der Waals surface area contributed by atoms with Gasteiger partial charge in [0.05, 0.1) is 13.2 Å². The van der Waals surface area contributed by atoms with Gasteiger partial charge in [0.1, 0.15) is 25.0 Å². The Morgan fingerprint density at radius 2 is 1.22 bits per heavy atom. The Bertz CT molecular complexity index is 730. The molecule has 0 aliphatic carbocycles. The van der Waals surface area contributed by atoms with E-state index in [0.717, 1.165) is 31.0 Å². The molecule has 0 unspecified atom stereocenters. The first-order valence-corrected chi connectivity index (χ1v) is 9.41. The van der Waals surface area contributed by atoms with Crippen LogP contribution >= 0.6 is 0 Å². The molecule has 0 fully saturated rings. The van der Waals surface area contributed by atoms with E-state index >= 15 is 0 Å². The van der Waals surface area contributed by atoms with Gasteiger partial charge in [-0.15, -0.1) is 0 Å². The highest BCUT2D eigenvalue weighted by Crippen LogP contribution is 2.29. The number of fused-ring (bicyclic) bond motifs is 2. The summed E-state index contributed by atoms with van der Waals surface area (Å²) in [4.78, 5) is 4.19. The Hall–Kier alpha value is -2.12. The Morgan fingerprint density at radius 1 is 0.741 bits per heavy atom. The topological polar surface area (TPSA) is 65.4 Å². The molecular formula is C21H26N2O4. The summed E-state index contributed by atoms with van der Waals surface area (Å²) in [6.07, 6.45) is 0.848. The highest BCUT2D eigenvalue weighted by Gasteiger charge is 2.19. The lowest BCUT2D eigenvalue weighted by Crippen LogP contribution is -2.34. The van der Waals surface area contributed by atoms with E-state index in [1.807, 2.05) is 12.1 Å². The third-order valence-electron chi connectivity index (χ3n) is 5.08. The number of aliphatic hydroxyl groups excluding tert-OH is 2. The fraction of sp³-hybridized carbons (Fsp3) is 0.429. The van der Waals surface area contributed by atoms with Gasteiger partial charge in [-0.05, 0) is 29.7 Å². The average molecular weight is 370 g/mol. The molecule has 4 rings (SSSR count). The predicted molar refractivity (Wildman–Crippen MR) is 102 cm³/mol. The minimum Gasteiger partial charge on any atom is -0.478 e. The van der Waals surface area contributed by atoms with E-state index in [9.17, 15) is 0 Å². The van der Waals surface area contributed by atoms with Gasteiger partial charge in [0.15, 0.2) is 0 Å². The molecule has 2 heterocycles. The van der Waals surface area contributed by atoms with Crippen LogP contribution in [0.3, 0.4) is 0 Å². The molecule has 2 aliphatic rings. The van der Waals surface area contributed by atoms with Gasteiger partial charge in [0, 0.05) is 37.3 Å². The first kappa shape index (κ1) is 18.3. The summed E-state index contributed by atoms with van der Waals surface area (Å²) in [7, 11) is 0. The van der Waals surface area contributed by atoms with Crippen molar-refractivity contribution in [1.29, 1.82) is 0 Å². The highest BCUT2D eigenvalue weighted by molar-refractivity contribution is 5.43. The van der Waals surface area contributed by atoms with E-state index in [1.54, 1.807) is 0 Å². The molecule has 2 aromatic carbocycles. The number of benzene rings is 2. The summed E-state index contributed by atoms with van der Waals surface area (Å²) in [5.74, 6) is 1.87. The van der Waals surface area contributed by atoms with E-state index in [4.69, 9.17) is 19.7 Å². The zero-order chi connectivity index (χ0) is 18.6. The van der Waals surface area contributed by atoms with E-state index < -0.39 is 0 Å². The van der Waals surface area contributed by atoms with Gasteiger partial charge in [0.25, 0.3) is 0 Å².